The van der Waals surface area contributed by atoms with Crippen molar-refractivity contribution < 1.29 is 37.7 Å². The molecule has 0 aromatic heterocycles. The average Bonchev–Trinajstić information content (AvgIpc) is 2.87. The lowest BCUT2D eigenvalue weighted by molar-refractivity contribution is -0.137. The van der Waals surface area contributed by atoms with Gasteiger partial charge in [0.15, 0.2) is 0 Å². The molecule has 2 rings (SSSR count). The van der Waals surface area contributed by atoms with Crippen LogP contribution in [0, 0.1) is 0 Å². The first-order valence-electron chi connectivity index (χ1n) is 7.30. The van der Waals surface area contributed by atoms with E-state index < -0.39 is 30.0 Å². The minimum atomic E-state index is -4.46. The van der Waals surface area contributed by atoms with E-state index in [-0.39, 0.29) is 24.9 Å². The number of carbonyl (C=O) groups is 2. The predicted octanol–water partition coefficient (Wildman–Crippen LogP) is 2.69. The molecule has 0 aliphatic carbocycles. The van der Waals surface area contributed by atoms with Gasteiger partial charge in [-0.1, -0.05) is 6.07 Å². The van der Waals surface area contributed by atoms with Crippen molar-refractivity contribution >= 4 is 17.9 Å². The van der Waals surface area contributed by atoms with Gasteiger partial charge in [0.2, 0.25) is 0 Å². The summed E-state index contributed by atoms with van der Waals surface area (Å²) in [5.74, 6) is 0. The number of ether oxygens (including phenoxy) is 1. The Hall–Kier alpha value is -2.49. The second-order valence-electron chi connectivity index (χ2n) is 5.45. The fourth-order valence-electron chi connectivity index (χ4n) is 1.92. The third-order valence-electron chi connectivity index (χ3n) is 2.98. The molecule has 3 N–H and O–H groups in total. The number of carboxylic acid groups (broad SMARTS) is 1. The van der Waals surface area contributed by atoms with E-state index in [0.29, 0.717) is 0 Å². The van der Waals surface area contributed by atoms with E-state index in [9.17, 15) is 22.8 Å². The second kappa shape index (κ2) is 8.56. The highest BCUT2D eigenvalue weighted by Gasteiger charge is 2.34. The van der Waals surface area contributed by atoms with E-state index in [2.05, 4.69) is 5.32 Å². The van der Waals surface area contributed by atoms with Gasteiger partial charge in [0, 0.05) is 11.7 Å². The maximum absolute atomic E-state index is 12.5. The first-order chi connectivity index (χ1) is 11.5. The molecule has 1 aromatic rings. The number of nitrogens with zero attached hydrogens (tertiary/aromatic N) is 1. The van der Waals surface area contributed by atoms with Crippen LogP contribution in [0.1, 0.15) is 19.4 Å². The molecule has 1 heterocycles. The Morgan fingerprint density at radius 1 is 1.44 bits per heavy atom. The first-order valence-corrected chi connectivity index (χ1v) is 7.30. The van der Waals surface area contributed by atoms with Crippen molar-refractivity contribution in [2.24, 2.45) is 0 Å². The minimum Gasteiger partial charge on any atom is -0.465 e. The van der Waals surface area contributed by atoms with Crippen molar-refractivity contribution in [3.8, 4) is 0 Å². The Balaban J connectivity index is 0.000000381. The number of hydrogen-bond donors (Lipinski definition) is 3. The molecule has 25 heavy (non-hydrogen) atoms. The van der Waals surface area contributed by atoms with Crippen LogP contribution < -0.4 is 10.2 Å². The van der Waals surface area contributed by atoms with Gasteiger partial charge in [0.1, 0.15) is 6.10 Å². The van der Waals surface area contributed by atoms with Crippen molar-refractivity contribution in [3.63, 3.8) is 0 Å². The summed E-state index contributed by atoms with van der Waals surface area (Å²) in [5.41, 5.74) is -0.731. The van der Waals surface area contributed by atoms with Crippen LogP contribution in [0.15, 0.2) is 24.3 Å². The molecule has 1 aliphatic heterocycles. The summed E-state index contributed by atoms with van der Waals surface area (Å²) in [4.78, 5) is 22.2. The topological polar surface area (TPSA) is 99.1 Å². The molecule has 0 spiro atoms. The predicted molar refractivity (Wildman–Crippen MR) is 82.4 cm³/mol. The zero-order valence-electron chi connectivity index (χ0n) is 13.6. The summed E-state index contributed by atoms with van der Waals surface area (Å²) < 4.78 is 42.3. The number of benzene rings is 1. The zero-order chi connectivity index (χ0) is 19.2. The summed E-state index contributed by atoms with van der Waals surface area (Å²) in [5, 5.41) is 19.0. The van der Waals surface area contributed by atoms with Gasteiger partial charge in [-0.2, -0.15) is 13.2 Å². The average molecular weight is 364 g/mol. The molecule has 1 unspecified atom stereocenters. The normalized spacial score (nSPS) is 17.0. The van der Waals surface area contributed by atoms with Crippen LogP contribution in [-0.4, -0.2) is 47.7 Å². The smallest absolute Gasteiger partial charge is 0.416 e. The first kappa shape index (κ1) is 20.6. The number of hydrogen-bond acceptors (Lipinski definition) is 4. The summed E-state index contributed by atoms with van der Waals surface area (Å²) in [6.07, 6.45) is -6.88. The number of nitrogens with one attached hydrogen (secondary N) is 1. The number of alkyl halides is 3. The molecule has 1 fully saturated rings. The van der Waals surface area contributed by atoms with Gasteiger partial charge in [0.05, 0.1) is 18.7 Å². The van der Waals surface area contributed by atoms with E-state index in [1.165, 1.54) is 12.1 Å². The number of halogens is 3. The van der Waals surface area contributed by atoms with Crippen LogP contribution in [0.5, 0.6) is 0 Å². The molecule has 140 valence electrons. The molecular formula is C15H19F3N2O5. The molecule has 1 aliphatic rings. The minimum absolute atomic E-state index is 0.0255. The van der Waals surface area contributed by atoms with Crippen LogP contribution in [-0.2, 0) is 10.9 Å². The molecule has 0 bridgehead atoms. The zero-order valence-corrected chi connectivity index (χ0v) is 13.6. The Morgan fingerprint density at radius 3 is 2.48 bits per heavy atom. The summed E-state index contributed by atoms with van der Waals surface area (Å²) in [6, 6.07) is 4.43. The number of aliphatic hydroxyl groups is 1. The largest absolute Gasteiger partial charge is 0.465 e. The van der Waals surface area contributed by atoms with Gasteiger partial charge in [-0.3, -0.25) is 4.90 Å². The van der Waals surface area contributed by atoms with E-state index in [0.717, 1.165) is 17.0 Å². The molecule has 1 aromatic carbocycles. The van der Waals surface area contributed by atoms with Crippen LogP contribution in [0.3, 0.4) is 0 Å². The molecular weight excluding hydrogens is 345 g/mol. The maximum atomic E-state index is 12.5. The molecule has 1 saturated heterocycles. The highest BCUT2D eigenvalue weighted by atomic mass is 19.4. The Bertz CT molecular complexity index is 607. The molecule has 1 atom stereocenters. The molecule has 0 radical (unpaired) electrons. The van der Waals surface area contributed by atoms with Gasteiger partial charge >= 0.3 is 18.4 Å². The van der Waals surface area contributed by atoms with Crippen LogP contribution >= 0.6 is 0 Å². The lowest BCUT2D eigenvalue weighted by Crippen LogP contribution is -2.27. The fraction of sp³-hybridized carbons (Fsp3) is 0.467. The number of anilines is 1. The Kier molecular flexibility index (Phi) is 7.04. The van der Waals surface area contributed by atoms with Crippen molar-refractivity contribution in [3.05, 3.63) is 29.8 Å². The molecule has 7 nitrogen and oxygen atoms in total. The quantitative estimate of drug-likeness (QED) is 0.766. The monoisotopic (exact) mass is 364 g/mol. The van der Waals surface area contributed by atoms with Crippen LogP contribution in [0.4, 0.5) is 28.4 Å². The highest BCUT2D eigenvalue weighted by Crippen LogP contribution is 2.32. The van der Waals surface area contributed by atoms with Gasteiger partial charge in [-0.05, 0) is 32.0 Å². The highest BCUT2D eigenvalue weighted by molar-refractivity contribution is 5.89. The molecule has 10 heteroatoms. The number of amides is 2. The van der Waals surface area contributed by atoms with Crippen LogP contribution in [0.25, 0.3) is 0 Å². The number of cyclic esters (lactones) is 1. The fourth-order valence-corrected chi connectivity index (χ4v) is 1.92. The van der Waals surface area contributed by atoms with Gasteiger partial charge < -0.3 is 20.3 Å². The summed E-state index contributed by atoms with van der Waals surface area (Å²) >= 11 is 0. The maximum Gasteiger partial charge on any atom is 0.416 e. The lowest BCUT2D eigenvalue weighted by atomic mass is 10.2. The van der Waals surface area contributed by atoms with Crippen LogP contribution in [0.2, 0.25) is 0 Å². The number of carbonyl (C=O) groups excluding carboxylic acids is 1. The lowest BCUT2D eigenvalue weighted by Gasteiger charge is -2.15. The Labute approximate surface area is 142 Å². The van der Waals surface area contributed by atoms with Gasteiger partial charge in [-0.15, -0.1) is 0 Å². The second-order valence-corrected chi connectivity index (χ2v) is 5.45. The Morgan fingerprint density at radius 2 is 2.08 bits per heavy atom. The summed E-state index contributed by atoms with van der Waals surface area (Å²) in [6.45, 7) is 3.22. The molecule has 2 amide bonds. The van der Waals surface area contributed by atoms with E-state index in [1.54, 1.807) is 13.8 Å². The number of aliphatic hydroxyl groups excluding tert-OH is 1. The standard InChI is InChI=1S/C11H10F3NO3.C4H9NO2/c12-11(13,14)7-2-1-3-8(4-7)15-5-9(6-16)18-10(15)17;1-3(2)5-4(6)7/h1-4,9,16H,5-6H2;3,5H,1-2H3,(H,6,7). The van der Waals surface area contributed by atoms with E-state index in [1.807, 2.05) is 0 Å². The van der Waals surface area contributed by atoms with E-state index >= 15 is 0 Å². The molecule has 0 saturated carbocycles. The van der Waals surface area contributed by atoms with Crippen molar-refractivity contribution in [1.29, 1.82) is 0 Å². The third kappa shape index (κ3) is 6.49. The van der Waals surface area contributed by atoms with Gasteiger partial charge in [0.25, 0.3) is 0 Å². The number of rotatable bonds is 3. The third-order valence-corrected chi connectivity index (χ3v) is 2.98. The van der Waals surface area contributed by atoms with E-state index in [4.69, 9.17) is 14.9 Å². The van der Waals surface area contributed by atoms with Crippen molar-refractivity contribution in [2.45, 2.75) is 32.2 Å². The van der Waals surface area contributed by atoms with Gasteiger partial charge in [-0.25, -0.2) is 9.59 Å². The van der Waals surface area contributed by atoms with Crippen molar-refractivity contribution in [2.75, 3.05) is 18.1 Å². The van der Waals surface area contributed by atoms with Crippen molar-refractivity contribution in [1.82, 2.24) is 5.32 Å². The SMILES string of the molecule is CC(C)NC(=O)O.O=C1OC(CO)CN1c1cccc(C(F)(F)F)c1. The summed E-state index contributed by atoms with van der Waals surface area (Å²) in [7, 11) is 0.